The lowest BCUT2D eigenvalue weighted by Crippen LogP contribution is -2.22. The van der Waals surface area contributed by atoms with Crippen molar-refractivity contribution in [3.63, 3.8) is 0 Å². The number of hydrogen-bond donors (Lipinski definition) is 0. The van der Waals surface area contributed by atoms with Crippen molar-refractivity contribution in [2.24, 2.45) is 0 Å². The van der Waals surface area contributed by atoms with E-state index in [1.54, 1.807) is 6.92 Å². The lowest BCUT2D eigenvalue weighted by atomic mass is 10.1. The number of pyridine rings is 1. The highest BCUT2D eigenvalue weighted by Crippen LogP contribution is 2.19. The van der Waals surface area contributed by atoms with E-state index < -0.39 is 28.8 Å². The molecule has 0 fully saturated rings. The van der Waals surface area contributed by atoms with Crippen LogP contribution in [0.1, 0.15) is 22.8 Å². The van der Waals surface area contributed by atoms with Crippen LogP contribution in [-0.4, -0.2) is 17.1 Å². The van der Waals surface area contributed by atoms with Crippen LogP contribution in [0.25, 0.3) is 10.9 Å². The van der Waals surface area contributed by atoms with Gasteiger partial charge in [-0.15, -0.1) is 0 Å². The summed E-state index contributed by atoms with van der Waals surface area (Å²) in [5.41, 5.74) is -0.954. The molecule has 1 aromatic heterocycles. The largest absolute Gasteiger partial charge is 0.462 e. The Morgan fingerprint density at radius 1 is 1.12 bits per heavy atom. The summed E-state index contributed by atoms with van der Waals surface area (Å²) in [7, 11) is 0. The molecular weight excluding hydrogens is 347 g/mol. The smallest absolute Gasteiger partial charge is 0.343 e. The highest BCUT2D eigenvalue weighted by atomic mass is 19.1. The molecular formula is C19H14F3NO3. The van der Waals surface area contributed by atoms with Gasteiger partial charge in [0.05, 0.1) is 18.7 Å². The number of nitrogens with zero attached hydrogens (tertiary/aromatic N) is 1. The number of carbonyl (C=O) groups is 1. The average molecular weight is 361 g/mol. The van der Waals surface area contributed by atoms with Crippen LogP contribution in [-0.2, 0) is 11.3 Å². The van der Waals surface area contributed by atoms with Gasteiger partial charge in [0.15, 0.2) is 0 Å². The molecule has 0 bridgehead atoms. The van der Waals surface area contributed by atoms with E-state index in [9.17, 15) is 22.8 Å². The van der Waals surface area contributed by atoms with Crippen molar-refractivity contribution in [3.8, 4) is 0 Å². The second-order valence-electron chi connectivity index (χ2n) is 5.59. The zero-order valence-electron chi connectivity index (χ0n) is 13.8. The highest BCUT2D eigenvalue weighted by Gasteiger charge is 2.19. The standard InChI is InChI=1S/C19H14F3NO3/c1-2-26-19(25)14-10-23(9-11-6-7-12(20)8-16(11)22)17-13(18(14)24)4-3-5-15(17)21/h3-8,10H,2,9H2,1H3. The Morgan fingerprint density at radius 3 is 2.58 bits per heavy atom. The van der Waals surface area contributed by atoms with Crippen LogP contribution in [0.5, 0.6) is 0 Å². The summed E-state index contributed by atoms with van der Waals surface area (Å²) in [6.07, 6.45) is 1.13. The molecule has 2 aromatic carbocycles. The molecule has 0 unspecified atom stereocenters. The van der Waals surface area contributed by atoms with E-state index in [4.69, 9.17) is 4.74 Å². The first-order valence-corrected chi connectivity index (χ1v) is 7.85. The SMILES string of the molecule is CCOC(=O)c1cn(Cc2ccc(F)cc2F)c2c(F)cccc2c1=O. The van der Waals surface area contributed by atoms with E-state index in [0.29, 0.717) is 6.07 Å². The Balaban J connectivity index is 2.24. The Kier molecular flexibility index (Phi) is 4.79. The number of hydrogen-bond acceptors (Lipinski definition) is 3. The van der Waals surface area contributed by atoms with Gasteiger partial charge in [0.25, 0.3) is 0 Å². The van der Waals surface area contributed by atoms with Gasteiger partial charge in [-0.05, 0) is 25.1 Å². The first kappa shape index (κ1) is 17.7. The van der Waals surface area contributed by atoms with Crippen molar-refractivity contribution in [2.45, 2.75) is 13.5 Å². The zero-order chi connectivity index (χ0) is 18.8. The van der Waals surface area contributed by atoms with Gasteiger partial charge in [0, 0.05) is 23.2 Å². The second-order valence-corrected chi connectivity index (χ2v) is 5.59. The molecule has 0 aliphatic rings. The Bertz CT molecular complexity index is 1060. The lowest BCUT2D eigenvalue weighted by molar-refractivity contribution is 0.0524. The number of ether oxygens (including phenoxy) is 1. The maximum atomic E-state index is 14.3. The maximum Gasteiger partial charge on any atom is 0.343 e. The second kappa shape index (κ2) is 7.03. The van der Waals surface area contributed by atoms with E-state index in [0.717, 1.165) is 18.3 Å². The van der Waals surface area contributed by atoms with Crippen LogP contribution in [0.2, 0.25) is 0 Å². The molecule has 134 valence electrons. The number of aromatic nitrogens is 1. The third-order valence-electron chi connectivity index (χ3n) is 3.90. The molecule has 0 aliphatic heterocycles. The summed E-state index contributed by atoms with van der Waals surface area (Å²) in [6.45, 7) is 1.45. The number of fused-ring (bicyclic) bond motifs is 1. The summed E-state index contributed by atoms with van der Waals surface area (Å²) in [5, 5.41) is -0.0296. The van der Waals surface area contributed by atoms with Crippen molar-refractivity contribution in [1.82, 2.24) is 4.57 Å². The monoisotopic (exact) mass is 361 g/mol. The van der Waals surface area contributed by atoms with E-state index in [-0.39, 0.29) is 35.2 Å². The average Bonchev–Trinajstić information content (AvgIpc) is 2.59. The minimum Gasteiger partial charge on any atom is -0.462 e. The molecule has 0 radical (unpaired) electrons. The van der Waals surface area contributed by atoms with Gasteiger partial charge in [-0.1, -0.05) is 12.1 Å². The van der Waals surface area contributed by atoms with Gasteiger partial charge in [0.1, 0.15) is 23.0 Å². The molecule has 4 nitrogen and oxygen atoms in total. The third kappa shape index (κ3) is 3.20. The molecule has 0 saturated carbocycles. The summed E-state index contributed by atoms with van der Waals surface area (Å²) < 4.78 is 47.6. The Morgan fingerprint density at radius 2 is 1.88 bits per heavy atom. The summed E-state index contributed by atoms with van der Waals surface area (Å²) in [5.74, 6) is -3.10. The van der Waals surface area contributed by atoms with E-state index in [1.165, 1.54) is 22.8 Å². The quantitative estimate of drug-likeness (QED) is 0.667. The minimum absolute atomic E-state index is 0.0296. The molecule has 0 amide bonds. The minimum atomic E-state index is -0.850. The first-order chi connectivity index (χ1) is 12.4. The van der Waals surface area contributed by atoms with Crippen molar-refractivity contribution in [3.05, 3.63) is 81.4 Å². The van der Waals surface area contributed by atoms with Gasteiger partial charge < -0.3 is 9.30 Å². The highest BCUT2D eigenvalue weighted by molar-refractivity contribution is 5.93. The first-order valence-electron chi connectivity index (χ1n) is 7.85. The fourth-order valence-corrected chi connectivity index (χ4v) is 2.73. The molecule has 0 saturated heterocycles. The zero-order valence-corrected chi connectivity index (χ0v) is 13.8. The number of benzene rings is 2. The van der Waals surface area contributed by atoms with Crippen LogP contribution in [0.15, 0.2) is 47.4 Å². The van der Waals surface area contributed by atoms with E-state index >= 15 is 0 Å². The van der Waals surface area contributed by atoms with Gasteiger partial charge in [-0.3, -0.25) is 4.79 Å². The summed E-state index contributed by atoms with van der Waals surface area (Å²) in [4.78, 5) is 24.6. The van der Waals surface area contributed by atoms with Crippen molar-refractivity contribution in [1.29, 1.82) is 0 Å². The summed E-state index contributed by atoms with van der Waals surface area (Å²) >= 11 is 0. The predicted octanol–water partition coefficient (Wildman–Crippen LogP) is 3.64. The topological polar surface area (TPSA) is 48.3 Å². The molecule has 0 N–H and O–H groups in total. The Labute approximate surface area is 146 Å². The van der Waals surface area contributed by atoms with Crippen molar-refractivity contribution in [2.75, 3.05) is 6.61 Å². The van der Waals surface area contributed by atoms with Crippen LogP contribution in [0, 0.1) is 17.5 Å². The van der Waals surface area contributed by atoms with Crippen LogP contribution in [0.4, 0.5) is 13.2 Å². The fourth-order valence-electron chi connectivity index (χ4n) is 2.73. The van der Waals surface area contributed by atoms with Gasteiger partial charge in [-0.2, -0.15) is 0 Å². The molecule has 7 heteroatoms. The van der Waals surface area contributed by atoms with E-state index in [2.05, 4.69) is 0 Å². The molecule has 26 heavy (non-hydrogen) atoms. The van der Waals surface area contributed by atoms with E-state index in [1.807, 2.05) is 0 Å². The van der Waals surface area contributed by atoms with Gasteiger partial charge in [-0.25, -0.2) is 18.0 Å². The number of rotatable bonds is 4. The third-order valence-corrected chi connectivity index (χ3v) is 3.90. The predicted molar refractivity (Wildman–Crippen MR) is 89.6 cm³/mol. The summed E-state index contributed by atoms with van der Waals surface area (Å²) in [6, 6.07) is 6.88. The molecule has 3 rings (SSSR count). The van der Waals surface area contributed by atoms with Gasteiger partial charge in [0.2, 0.25) is 5.43 Å². The number of esters is 1. The number of halogens is 3. The Hall–Kier alpha value is -3.09. The van der Waals surface area contributed by atoms with Crippen LogP contribution in [0.3, 0.4) is 0 Å². The normalized spacial score (nSPS) is 10.9. The van der Waals surface area contributed by atoms with Crippen LogP contribution < -0.4 is 5.43 Å². The van der Waals surface area contributed by atoms with Crippen LogP contribution >= 0.6 is 0 Å². The van der Waals surface area contributed by atoms with Gasteiger partial charge >= 0.3 is 5.97 Å². The molecule has 0 spiro atoms. The molecule has 0 atom stereocenters. The fraction of sp³-hybridized carbons (Fsp3) is 0.158. The van der Waals surface area contributed by atoms with Crippen molar-refractivity contribution < 1.29 is 22.7 Å². The number of para-hydroxylation sites is 1. The van der Waals surface area contributed by atoms with Crippen molar-refractivity contribution >= 4 is 16.9 Å². The molecule has 0 aliphatic carbocycles. The lowest BCUT2D eigenvalue weighted by Gasteiger charge is -2.14. The molecule has 1 heterocycles. The number of carbonyl (C=O) groups excluding carboxylic acids is 1. The molecule has 3 aromatic rings. The maximum absolute atomic E-state index is 14.3.